The van der Waals surface area contributed by atoms with Gasteiger partial charge in [-0.3, -0.25) is 0 Å². The van der Waals surface area contributed by atoms with Crippen molar-refractivity contribution in [1.29, 1.82) is 5.41 Å². The van der Waals surface area contributed by atoms with Crippen molar-refractivity contribution in [1.82, 2.24) is 0 Å². The Hall–Kier alpha value is -0.560. The maximum absolute atomic E-state index is 7.42. The maximum Gasteiger partial charge on any atom is 0.0453 e. The van der Waals surface area contributed by atoms with Gasteiger partial charge in [0.25, 0.3) is 0 Å². The van der Waals surface area contributed by atoms with Crippen LogP contribution in [0.25, 0.3) is 0 Å². The van der Waals surface area contributed by atoms with Crippen LogP contribution in [0.4, 0.5) is 0 Å². The number of hydrogen-bond acceptors (Lipinski definition) is 1. The minimum Gasteiger partial charge on any atom is -0.305 e. The molecule has 1 rings (SSSR count). The number of rotatable bonds is 1. The summed E-state index contributed by atoms with van der Waals surface area (Å²) in [6, 6.07) is 0. The lowest BCUT2D eigenvalue weighted by atomic mass is 9.96. The topological polar surface area (TPSA) is 23.9 Å². The molecule has 0 aromatic rings. The SMILES string of the molecule is CC(=N)C1=CC(C)CC=C1Cl. The summed E-state index contributed by atoms with van der Waals surface area (Å²) < 4.78 is 0. The Bertz CT molecular complexity index is 238. The van der Waals surface area contributed by atoms with E-state index in [1.807, 2.05) is 6.08 Å². The van der Waals surface area contributed by atoms with Crippen LogP contribution in [0.5, 0.6) is 0 Å². The van der Waals surface area contributed by atoms with Gasteiger partial charge in [0.05, 0.1) is 0 Å². The smallest absolute Gasteiger partial charge is 0.0453 e. The monoisotopic (exact) mass is 169 g/mol. The van der Waals surface area contributed by atoms with Gasteiger partial charge >= 0.3 is 0 Å². The highest BCUT2D eigenvalue weighted by atomic mass is 35.5. The van der Waals surface area contributed by atoms with Crippen LogP contribution in [0.1, 0.15) is 20.3 Å². The number of nitrogens with one attached hydrogen (secondary N) is 1. The van der Waals surface area contributed by atoms with Crippen molar-refractivity contribution in [2.45, 2.75) is 20.3 Å². The minimum absolute atomic E-state index is 0.521. The van der Waals surface area contributed by atoms with E-state index in [4.69, 9.17) is 17.0 Å². The normalized spacial score (nSPS) is 24.1. The van der Waals surface area contributed by atoms with E-state index in [1.165, 1.54) is 0 Å². The number of hydrogen-bond donors (Lipinski definition) is 1. The second-order valence-corrected chi connectivity index (χ2v) is 3.38. The molecule has 0 aliphatic heterocycles. The highest BCUT2D eigenvalue weighted by Gasteiger charge is 2.11. The third-order valence-corrected chi connectivity index (χ3v) is 2.14. The molecule has 0 fully saturated rings. The molecule has 1 N–H and O–H groups in total. The molecule has 0 heterocycles. The first-order valence-electron chi connectivity index (χ1n) is 3.74. The fourth-order valence-corrected chi connectivity index (χ4v) is 1.43. The summed E-state index contributed by atoms with van der Waals surface area (Å²) in [5.74, 6) is 0.521. The number of halogens is 1. The second kappa shape index (κ2) is 3.22. The van der Waals surface area contributed by atoms with Crippen LogP contribution >= 0.6 is 11.6 Å². The summed E-state index contributed by atoms with van der Waals surface area (Å²) in [6.45, 7) is 3.89. The maximum atomic E-state index is 7.42. The Morgan fingerprint density at radius 3 is 2.82 bits per heavy atom. The van der Waals surface area contributed by atoms with E-state index in [2.05, 4.69) is 13.0 Å². The first-order chi connectivity index (χ1) is 5.11. The van der Waals surface area contributed by atoms with Gasteiger partial charge < -0.3 is 5.41 Å². The van der Waals surface area contributed by atoms with Gasteiger partial charge in [0, 0.05) is 16.3 Å². The van der Waals surface area contributed by atoms with E-state index < -0.39 is 0 Å². The zero-order valence-electron chi connectivity index (χ0n) is 6.82. The van der Waals surface area contributed by atoms with Crippen molar-refractivity contribution >= 4 is 17.3 Å². The van der Waals surface area contributed by atoms with E-state index in [9.17, 15) is 0 Å². The van der Waals surface area contributed by atoms with Crippen LogP contribution < -0.4 is 0 Å². The molecule has 0 radical (unpaired) electrons. The summed E-state index contributed by atoms with van der Waals surface area (Å²) in [7, 11) is 0. The van der Waals surface area contributed by atoms with Gasteiger partial charge in [0.2, 0.25) is 0 Å². The van der Waals surface area contributed by atoms with Crippen LogP contribution in [0.2, 0.25) is 0 Å². The summed E-state index contributed by atoms with van der Waals surface area (Å²) in [6.07, 6.45) is 5.04. The van der Waals surface area contributed by atoms with Crippen molar-refractivity contribution in [2.75, 3.05) is 0 Å². The number of allylic oxidation sites excluding steroid dienone is 4. The molecule has 60 valence electrons. The van der Waals surface area contributed by atoms with Gasteiger partial charge in [0.1, 0.15) is 0 Å². The predicted molar refractivity (Wildman–Crippen MR) is 49.2 cm³/mol. The van der Waals surface area contributed by atoms with E-state index in [-0.39, 0.29) is 0 Å². The zero-order valence-corrected chi connectivity index (χ0v) is 7.57. The molecule has 1 aliphatic carbocycles. The van der Waals surface area contributed by atoms with Crippen LogP contribution in [-0.4, -0.2) is 5.71 Å². The Balaban J connectivity index is 2.90. The van der Waals surface area contributed by atoms with E-state index in [1.54, 1.807) is 6.92 Å². The fourth-order valence-electron chi connectivity index (χ4n) is 1.14. The molecule has 1 aliphatic rings. The quantitative estimate of drug-likeness (QED) is 0.584. The first kappa shape index (κ1) is 8.54. The molecule has 0 amide bonds. The molecule has 0 saturated carbocycles. The fraction of sp³-hybridized carbons (Fsp3) is 0.444. The molecular formula is C9H12ClN. The van der Waals surface area contributed by atoms with E-state index >= 15 is 0 Å². The third kappa shape index (κ3) is 1.93. The molecule has 0 aromatic heterocycles. The molecule has 0 spiro atoms. The summed E-state index contributed by atoms with van der Waals surface area (Å²) in [5, 5.41) is 8.15. The Kier molecular flexibility index (Phi) is 2.50. The standard InChI is InChI=1S/C9H12ClN/c1-6-3-4-9(10)8(5-6)7(2)11/h4-6,11H,3H2,1-2H3. The van der Waals surface area contributed by atoms with Gasteiger partial charge in [-0.25, -0.2) is 0 Å². The van der Waals surface area contributed by atoms with Crippen molar-refractivity contribution in [3.8, 4) is 0 Å². The summed E-state index contributed by atoms with van der Waals surface area (Å²) in [4.78, 5) is 0. The predicted octanol–water partition coefficient (Wildman–Crippen LogP) is 3.11. The lowest BCUT2D eigenvalue weighted by molar-refractivity contribution is 0.731. The second-order valence-electron chi connectivity index (χ2n) is 2.97. The average Bonchev–Trinajstić information content (AvgIpc) is 1.94. The van der Waals surface area contributed by atoms with Crippen LogP contribution in [0, 0.1) is 11.3 Å². The molecule has 1 atom stereocenters. The highest BCUT2D eigenvalue weighted by molar-refractivity contribution is 6.35. The van der Waals surface area contributed by atoms with Gasteiger partial charge in [-0.05, 0) is 19.3 Å². The largest absolute Gasteiger partial charge is 0.305 e. The Morgan fingerprint density at radius 1 is 1.73 bits per heavy atom. The Labute approximate surface area is 72.3 Å². The molecule has 11 heavy (non-hydrogen) atoms. The van der Waals surface area contributed by atoms with Crippen LogP contribution in [0.15, 0.2) is 22.8 Å². The first-order valence-corrected chi connectivity index (χ1v) is 4.12. The molecule has 1 nitrogen and oxygen atoms in total. The Morgan fingerprint density at radius 2 is 2.36 bits per heavy atom. The van der Waals surface area contributed by atoms with Crippen LogP contribution in [-0.2, 0) is 0 Å². The van der Waals surface area contributed by atoms with E-state index in [0.717, 1.165) is 17.0 Å². The van der Waals surface area contributed by atoms with E-state index in [0.29, 0.717) is 11.6 Å². The molecule has 2 heteroatoms. The average molecular weight is 170 g/mol. The lowest BCUT2D eigenvalue weighted by Crippen LogP contribution is -2.04. The van der Waals surface area contributed by atoms with Crippen LogP contribution in [0.3, 0.4) is 0 Å². The molecule has 0 aromatic carbocycles. The van der Waals surface area contributed by atoms with Gasteiger partial charge in [-0.1, -0.05) is 30.7 Å². The molecule has 0 saturated heterocycles. The molecular weight excluding hydrogens is 158 g/mol. The molecule has 1 unspecified atom stereocenters. The summed E-state index contributed by atoms with van der Waals surface area (Å²) in [5.41, 5.74) is 1.45. The third-order valence-electron chi connectivity index (χ3n) is 1.78. The minimum atomic E-state index is 0.521. The molecule has 0 bridgehead atoms. The van der Waals surface area contributed by atoms with Gasteiger partial charge in [-0.2, -0.15) is 0 Å². The van der Waals surface area contributed by atoms with Crippen molar-refractivity contribution in [2.24, 2.45) is 5.92 Å². The van der Waals surface area contributed by atoms with Gasteiger partial charge in [0.15, 0.2) is 0 Å². The lowest BCUT2D eigenvalue weighted by Gasteiger charge is -2.14. The highest BCUT2D eigenvalue weighted by Crippen LogP contribution is 2.25. The van der Waals surface area contributed by atoms with Crippen molar-refractivity contribution < 1.29 is 0 Å². The summed E-state index contributed by atoms with van der Waals surface area (Å²) >= 11 is 5.89. The van der Waals surface area contributed by atoms with Gasteiger partial charge in [-0.15, -0.1) is 0 Å². The zero-order chi connectivity index (χ0) is 8.43. The van der Waals surface area contributed by atoms with Crippen molar-refractivity contribution in [3.63, 3.8) is 0 Å². The van der Waals surface area contributed by atoms with Crippen molar-refractivity contribution in [3.05, 3.63) is 22.8 Å².